The second-order valence-electron chi connectivity index (χ2n) is 5.72. The molecule has 0 aliphatic rings. The lowest BCUT2D eigenvalue weighted by Gasteiger charge is -2.06. The molecule has 0 fully saturated rings. The van der Waals surface area contributed by atoms with E-state index < -0.39 is 5.82 Å². The quantitative estimate of drug-likeness (QED) is 0.554. The van der Waals surface area contributed by atoms with E-state index in [9.17, 15) is 14.0 Å². The zero-order valence-electron chi connectivity index (χ0n) is 15.2. The van der Waals surface area contributed by atoms with E-state index in [1.807, 2.05) is 6.92 Å². The second kappa shape index (κ2) is 9.48. The van der Waals surface area contributed by atoms with Gasteiger partial charge in [0, 0.05) is 17.8 Å². The highest BCUT2D eigenvalue weighted by atomic mass is 35.5. The SMILES string of the molecule is CCNC(=O)c1cn(-c2ccc(SCC(=O)Nc3ccc(Cl)cc3F)nn2)cn1. The maximum Gasteiger partial charge on any atom is 0.271 e. The maximum atomic E-state index is 13.7. The summed E-state index contributed by atoms with van der Waals surface area (Å²) in [6, 6.07) is 7.39. The Hall–Kier alpha value is -2.98. The Morgan fingerprint density at radius 3 is 2.76 bits per heavy atom. The van der Waals surface area contributed by atoms with Gasteiger partial charge in [-0.3, -0.25) is 14.2 Å². The number of amides is 2. The molecular weight excluding hydrogens is 419 g/mol. The van der Waals surface area contributed by atoms with E-state index in [2.05, 4.69) is 25.8 Å². The van der Waals surface area contributed by atoms with Gasteiger partial charge in [0.05, 0.1) is 11.4 Å². The van der Waals surface area contributed by atoms with Crippen LogP contribution in [0, 0.1) is 5.82 Å². The van der Waals surface area contributed by atoms with Gasteiger partial charge in [0.25, 0.3) is 5.91 Å². The van der Waals surface area contributed by atoms with Crippen molar-refractivity contribution in [2.24, 2.45) is 0 Å². The van der Waals surface area contributed by atoms with Crippen molar-refractivity contribution in [2.75, 3.05) is 17.6 Å². The Kier molecular flexibility index (Phi) is 6.78. The molecule has 11 heteroatoms. The molecule has 2 N–H and O–H groups in total. The van der Waals surface area contributed by atoms with E-state index in [1.54, 1.807) is 22.9 Å². The van der Waals surface area contributed by atoms with Crippen LogP contribution >= 0.6 is 23.4 Å². The zero-order chi connectivity index (χ0) is 20.8. The summed E-state index contributed by atoms with van der Waals surface area (Å²) in [7, 11) is 0. The fourth-order valence-corrected chi connectivity index (χ4v) is 3.03. The number of carbonyl (C=O) groups excluding carboxylic acids is 2. The number of carbonyl (C=O) groups is 2. The van der Waals surface area contributed by atoms with E-state index in [1.165, 1.54) is 18.5 Å². The average Bonchev–Trinajstić information content (AvgIpc) is 3.19. The molecule has 0 unspecified atom stereocenters. The minimum Gasteiger partial charge on any atom is -0.351 e. The summed E-state index contributed by atoms with van der Waals surface area (Å²) in [6.45, 7) is 2.33. The highest BCUT2D eigenvalue weighted by molar-refractivity contribution is 7.99. The van der Waals surface area contributed by atoms with E-state index in [-0.39, 0.29) is 34.0 Å². The van der Waals surface area contributed by atoms with Crippen molar-refractivity contribution in [3.63, 3.8) is 0 Å². The van der Waals surface area contributed by atoms with Crippen molar-refractivity contribution in [2.45, 2.75) is 11.9 Å². The van der Waals surface area contributed by atoms with Gasteiger partial charge in [-0.25, -0.2) is 9.37 Å². The molecule has 0 saturated carbocycles. The Morgan fingerprint density at radius 2 is 2.07 bits per heavy atom. The normalized spacial score (nSPS) is 10.6. The van der Waals surface area contributed by atoms with Crippen molar-refractivity contribution in [1.82, 2.24) is 25.1 Å². The molecule has 8 nitrogen and oxygen atoms in total. The minimum atomic E-state index is -0.604. The first kappa shape index (κ1) is 20.7. The Labute approximate surface area is 174 Å². The predicted molar refractivity (Wildman–Crippen MR) is 108 cm³/mol. The van der Waals surface area contributed by atoms with E-state index in [0.29, 0.717) is 17.4 Å². The third-order valence-electron chi connectivity index (χ3n) is 3.60. The molecule has 0 saturated heterocycles. The average molecular weight is 435 g/mol. The summed E-state index contributed by atoms with van der Waals surface area (Å²) in [5, 5.41) is 14.0. The largest absolute Gasteiger partial charge is 0.351 e. The molecule has 0 spiro atoms. The number of imidazole rings is 1. The summed E-state index contributed by atoms with van der Waals surface area (Å²) in [5.74, 6) is -0.752. The number of hydrogen-bond acceptors (Lipinski definition) is 6. The lowest BCUT2D eigenvalue weighted by molar-refractivity contribution is -0.113. The van der Waals surface area contributed by atoms with Crippen molar-refractivity contribution in [1.29, 1.82) is 0 Å². The monoisotopic (exact) mass is 434 g/mol. The lowest BCUT2D eigenvalue weighted by atomic mass is 10.3. The van der Waals surface area contributed by atoms with Crippen LogP contribution in [0.25, 0.3) is 5.82 Å². The Balaban J connectivity index is 1.56. The zero-order valence-corrected chi connectivity index (χ0v) is 16.8. The molecule has 0 radical (unpaired) electrons. The molecule has 2 aromatic heterocycles. The van der Waals surface area contributed by atoms with Gasteiger partial charge in [0.15, 0.2) is 5.82 Å². The van der Waals surface area contributed by atoms with Crippen LogP contribution < -0.4 is 10.6 Å². The Bertz CT molecular complexity index is 1030. The van der Waals surface area contributed by atoms with Gasteiger partial charge in [-0.1, -0.05) is 23.4 Å². The van der Waals surface area contributed by atoms with Gasteiger partial charge in [0.1, 0.15) is 22.9 Å². The predicted octanol–water partition coefficient (Wildman–Crippen LogP) is 2.94. The molecule has 1 aromatic carbocycles. The van der Waals surface area contributed by atoms with Crippen molar-refractivity contribution >= 4 is 40.9 Å². The highest BCUT2D eigenvalue weighted by Crippen LogP contribution is 2.20. The summed E-state index contributed by atoms with van der Waals surface area (Å²) < 4.78 is 15.3. The summed E-state index contributed by atoms with van der Waals surface area (Å²) in [5.41, 5.74) is 0.336. The maximum absolute atomic E-state index is 13.7. The molecular formula is C18H16ClFN6O2S. The first-order chi connectivity index (χ1) is 14.0. The van der Waals surface area contributed by atoms with E-state index in [4.69, 9.17) is 11.6 Å². The van der Waals surface area contributed by atoms with Gasteiger partial charge in [-0.15, -0.1) is 10.2 Å². The van der Waals surface area contributed by atoms with Crippen LogP contribution in [0.3, 0.4) is 0 Å². The minimum absolute atomic E-state index is 0.0303. The van der Waals surface area contributed by atoms with Crippen molar-refractivity contribution in [3.8, 4) is 5.82 Å². The van der Waals surface area contributed by atoms with Gasteiger partial charge >= 0.3 is 0 Å². The number of benzene rings is 1. The molecule has 2 amide bonds. The van der Waals surface area contributed by atoms with Crippen LogP contribution in [0.5, 0.6) is 0 Å². The molecule has 3 rings (SSSR count). The highest BCUT2D eigenvalue weighted by Gasteiger charge is 2.11. The number of halogens is 2. The molecule has 29 heavy (non-hydrogen) atoms. The molecule has 0 aliphatic carbocycles. The first-order valence-corrected chi connectivity index (χ1v) is 9.86. The van der Waals surface area contributed by atoms with E-state index in [0.717, 1.165) is 17.8 Å². The van der Waals surface area contributed by atoms with Crippen LogP contribution in [0.4, 0.5) is 10.1 Å². The van der Waals surface area contributed by atoms with Gasteiger partial charge in [-0.2, -0.15) is 0 Å². The summed E-state index contributed by atoms with van der Waals surface area (Å²) in [6.07, 6.45) is 3.02. The molecule has 3 aromatic rings. The second-order valence-corrected chi connectivity index (χ2v) is 7.15. The van der Waals surface area contributed by atoms with Crippen molar-refractivity contribution < 1.29 is 14.0 Å². The standard InChI is InChI=1S/C18H16ClFN6O2S/c1-2-21-18(28)14-8-26(10-22-14)15-5-6-17(25-24-15)29-9-16(27)23-13-4-3-11(19)7-12(13)20/h3-8,10H,2,9H2,1H3,(H,21,28)(H,23,27). The van der Waals surface area contributed by atoms with Crippen LogP contribution in [0.1, 0.15) is 17.4 Å². The number of anilines is 1. The van der Waals surface area contributed by atoms with Gasteiger partial charge in [0.2, 0.25) is 5.91 Å². The molecule has 0 aliphatic heterocycles. The molecule has 2 heterocycles. The third kappa shape index (κ3) is 5.52. The van der Waals surface area contributed by atoms with E-state index >= 15 is 0 Å². The Morgan fingerprint density at radius 1 is 1.24 bits per heavy atom. The summed E-state index contributed by atoms with van der Waals surface area (Å²) >= 11 is 6.84. The van der Waals surface area contributed by atoms with Crippen LogP contribution in [0.15, 0.2) is 47.9 Å². The smallest absolute Gasteiger partial charge is 0.271 e. The summed E-state index contributed by atoms with van der Waals surface area (Å²) in [4.78, 5) is 27.8. The topological polar surface area (TPSA) is 102 Å². The number of nitrogens with one attached hydrogen (secondary N) is 2. The number of thioether (sulfide) groups is 1. The van der Waals surface area contributed by atoms with Gasteiger partial charge in [-0.05, 0) is 37.3 Å². The van der Waals surface area contributed by atoms with Crippen LogP contribution in [-0.2, 0) is 4.79 Å². The van der Waals surface area contributed by atoms with Gasteiger partial charge < -0.3 is 10.6 Å². The third-order valence-corrected chi connectivity index (χ3v) is 4.75. The fraction of sp³-hybridized carbons (Fsp3) is 0.167. The fourth-order valence-electron chi connectivity index (χ4n) is 2.26. The number of nitrogens with zero attached hydrogens (tertiary/aromatic N) is 4. The van der Waals surface area contributed by atoms with Crippen LogP contribution in [-0.4, -0.2) is 43.9 Å². The molecule has 150 valence electrons. The number of hydrogen-bond donors (Lipinski definition) is 2. The molecule has 0 atom stereocenters. The number of aromatic nitrogens is 4. The molecule has 0 bridgehead atoms. The van der Waals surface area contributed by atoms with Crippen molar-refractivity contribution in [3.05, 3.63) is 59.4 Å². The van der Waals surface area contributed by atoms with Crippen LogP contribution in [0.2, 0.25) is 5.02 Å². The first-order valence-electron chi connectivity index (χ1n) is 8.50. The number of rotatable bonds is 7. The lowest BCUT2D eigenvalue weighted by Crippen LogP contribution is -2.22.